The van der Waals surface area contributed by atoms with Crippen LogP contribution in [-0.4, -0.2) is 31.9 Å². The Bertz CT molecular complexity index is 860. The minimum Gasteiger partial charge on any atom is -0.462 e. The number of rotatable bonds is 3. The molecule has 0 aromatic carbocycles. The summed E-state index contributed by atoms with van der Waals surface area (Å²) in [6, 6.07) is 2.90. The molecule has 0 aliphatic heterocycles. The van der Waals surface area contributed by atoms with Crippen molar-refractivity contribution in [3.8, 4) is 11.5 Å². The van der Waals surface area contributed by atoms with Crippen LogP contribution in [0.3, 0.4) is 0 Å². The van der Waals surface area contributed by atoms with Crippen LogP contribution in [0.5, 0.6) is 0 Å². The summed E-state index contributed by atoms with van der Waals surface area (Å²) in [6.45, 7) is 3.71. The van der Waals surface area contributed by atoms with Crippen LogP contribution >= 0.6 is 0 Å². The molecule has 3 aromatic rings. The molecule has 22 heavy (non-hydrogen) atoms. The van der Waals surface area contributed by atoms with Crippen LogP contribution in [0, 0.1) is 12.7 Å². The number of carbonyl (C=O) groups excluding carboxylic acids is 1. The Balaban J connectivity index is 2.06. The van der Waals surface area contributed by atoms with Gasteiger partial charge >= 0.3 is 5.97 Å². The van der Waals surface area contributed by atoms with Gasteiger partial charge < -0.3 is 4.74 Å². The molecule has 112 valence electrons. The van der Waals surface area contributed by atoms with Gasteiger partial charge in [0, 0.05) is 12.4 Å². The van der Waals surface area contributed by atoms with Gasteiger partial charge in [0.15, 0.2) is 5.82 Å². The number of nitrogens with zero attached hydrogens (tertiary/aromatic N) is 4. The molecule has 0 radical (unpaired) electrons. The molecule has 0 fully saturated rings. The zero-order valence-electron chi connectivity index (χ0n) is 12.1. The van der Waals surface area contributed by atoms with E-state index in [4.69, 9.17) is 4.74 Å². The van der Waals surface area contributed by atoms with Crippen LogP contribution in [0.15, 0.2) is 30.7 Å². The van der Waals surface area contributed by atoms with Crippen LogP contribution < -0.4 is 0 Å². The lowest BCUT2D eigenvalue weighted by Gasteiger charge is -2.06. The highest BCUT2D eigenvalue weighted by atomic mass is 19.1. The molecule has 3 rings (SSSR count). The van der Waals surface area contributed by atoms with Gasteiger partial charge in [0.05, 0.1) is 24.1 Å². The monoisotopic (exact) mass is 300 g/mol. The predicted octanol–water partition coefficient (Wildman–Crippen LogP) is 2.42. The molecule has 0 spiro atoms. The smallest absolute Gasteiger partial charge is 0.341 e. The number of halogens is 1. The fourth-order valence-electron chi connectivity index (χ4n) is 2.12. The minimum absolute atomic E-state index is 0.284. The van der Waals surface area contributed by atoms with Gasteiger partial charge in [-0.1, -0.05) is 0 Å². The summed E-state index contributed by atoms with van der Waals surface area (Å²) < 4.78 is 19.9. The predicted molar refractivity (Wildman–Crippen MR) is 76.9 cm³/mol. The first kappa shape index (κ1) is 14.1. The molecule has 7 heteroatoms. The molecule has 3 aromatic heterocycles. The van der Waals surface area contributed by atoms with E-state index in [1.165, 1.54) is 18.5 Å². The van der Waals surface area contributed by atoms with Gasteiger partial charge in [0.1, 0.15) is 17.2 Å². The Morgan fingerprint density at radius 3 is 2.86 bits per heavy atom. The van der Waals surface area contributed by atoms with E-state index >= 15 is 0 Å². The lowest BCUT2D eigenvalue weighted by atomic mass is 10.2. The zero-order valence-corrected chi connectivity index (χ0v) is 12.1. The van der Waals surface area contributed by atoms with Gasteiger partial charge in [0.25, 0.3) is 0 Å². The molecule has 0 saturated carbocycles. The molecule has 0 aliphatic rings. The van der Waals surface area contributed by atoms with E-state index < -0.39 is 5.97 Å². The molecule has 0 aliphatic carbocycles. The maximum absolute atomic E-state index is 13.4. The average molecular weight is 300 g/mol. The lowest BCUT2D eigenvalue weighted by Crippen LogP contribution is -2.09. The summed E-state index contributed by atoms with van der Waals surface area (Å²) in [5.74, 6) is -0.481. The Morgan fingerprint density at radius 1 is 1.32 bits per heavy atom. The Labute approximate surface area is 125 Å². The number of carbonyl (C=O) groups is 1. The number of hydrogen-bond acceptors (Lipinski definition) is 5. The Morgan fingerprint density at radius 2 is 2.14 bits per heavy atom. The highest BCUT2D eigenvalue weighted by Gasteiger charge is 2.15. The van der Waals surface area contributed by atoms with E-state index in [1.807, 2.05) is 0 Å². The first-order valence-electron chi connectivity index (χ1n) is 6.74. The normalized spacial score (nSPS) is 10.9. The van der Waals surface area contributed by atoms with Crippen LogP contribution in [0.25, 0.3) is 17.2 Å². The second-order valence-electron chi connectivity index (χ2n) is 4.63. The average Bonchev–Trinajstić information content (AvgIpc) is 2.90. The van der Waals surface area contributed by atoms with Gasteiger partial charge in [-0.3, -0.25) is 4.40 Å². The second kappa shape index (κ2) is 5.51. The van der Waals surface area contributed by atoms with Crippen molar-refractivity contribution in [2.75, 3.05) is 6.61 Å². The van der Waals surface area contributed by atoms with Crippen molar-refractivity contribution < 1.29 is 13.9 Å². The molecule has 6 nitrogen and oxygen atoms in total. The van der Waals surface area contributed by atoms with Crippen molar-refractivity contribution in [3.05, 3.63) is 47.8 Å². The number of esters is 1. The van der Waals surface area contributed by atoms with Crippen molar-refractivity contribution in [2.24, 2.45) is 0 Å². The van der Waals surface area contributed by atoms with E-state index in [0.29, 0.717) is 28.4 Å². The highest BCUT2D eigenvalue weighted by Crippen LogP contribution is 2.19. The molecule has 0 atom stereocenters. The largest absolute Gasteiger partial charge is 0.462 e. The fraction of sp³-hybridized carbons (Fsp3) is 0.200. The third-order valence-corrected chi connectivity index (χ3v) is 3.17. The fourth-order valence-corrected chi connectivity index (χ4v) is 2.12. The lowest BCUT2D eigenvalue weighted by molar-refractivity contribution is 0.0524. The van der Waals surface area contributed by atoms with Crippen LogP contribution in [-0.2, 0) is 4.74 Å². The number of ether oxygens (including phenoxy) is 1. The quantitative estimate of drug-likeness (QED) is 0.695. The first-order chi connectivity index (χ1) is 10.6. The van der Waals surface area contributed by atoms with E-state index in [0.717, 1.165) is 0 Å². The minimum atomic E-state index is -0.462. The zero-order chi connectivity index (χ0) is 15.7. The summed E-state index contributed by atoms with van der Waals surface area (Å²) in [5, 5.41) is 0. The maximum atomic E-state index is 13.4. The van der Waals surface area contributed by atoms with E-state index in [9.17, 15) is 9.18 Å². The summed E-state index contributed by atoms with van der Waals surface area (Å²) in [7, 11) is 0. The van der Waals surface area contributed by atoms with Gasteiger partial charge in [-0.15, -0.1) is 0 Å². The Kier molecular flexibility index (Phi) is 3.54. The van der Waals surface area contributed by atoms with Crippen molar-refractivity contribution in [1.29, 1.82) is 0 Å². The van der Waals surface area contributed by atoms with Crippen molar-refractivity contribution in [2.45, 2.75) is 13.8 Å². The number of aromatic nitrogens is 4. The second-order valence-corrected chi connectivity index (χ2v) is 4.63. The standard InChI is InChI=1S/C15H13FN4O2/c1-3-22-15(21)11-6-18-14(19-9(11)2)12-7-17-13-5-4-10(16)8-20(12)13/h4-8H,3H2,1-2H3. The van der Waals surface area contributed by atoms with Crippen LogP contribution in [0.4, 0.5) is 4.39 Å². The topological polar surface area (TPSA) is 69.4 Å². The van der Waals surface area contributed by atoms with Gasteiger partial charge in [-0.05, 0) is 26.0 Å². The van der Waals surface area contributed by atoms with E-state index in [1.54, 1.807) is 30.5 Å². The number of hydrogen-bond donors (Lipinski definition) is 0. The van der Waals surface area contributed by atoms with Gasteiger partial charge in [-0.2, -0.15) is 0 Å². The third-order valence-electron chi connectivity index (χ3n) is 3.17. The molecule has 0 saturated heterocycles. The van der Waals surface area contributed by atoms with E-state index in [-0.39, 0.29) is 12.4 Å². The van der Waals surface area contributed by atoms with E-state index in [2.05, 4.69) is 15.0 Å². The molecular weight excluding hydrogens is 287 g/mol. The first-order valence-corrected chi connectivity index (χ1v) is 6.74. The van der Waals surface area contributed by atoms with Crippen LogP contribution in [0.1, 0.15) is 23.0 Å². The summed E-state index contributed by atoms with van der Waals surface area (Å²) in [5.41, 5.74) is 1.94. The SMILES string of the molecule is CCOC(=O)c1cnc(-c2cnc3ccc(F)cn23)nc1C. The molecule has 0 N–H and O–H groups in total. The maximum Gasteiger partial charge on any atom is 0.341 e. The molecule has 3 heterocycles. The van der Waals surface area contributed by atoms with Crippen molar-refractivity contribution in [3.63, 3.8) is 0 Å². The highest BCUT2D eigenvalue weighted by molar-refractivity contribution is 5.90. The third kappa shape index (κ3) is 2.41. The molecular formula is C15H13FN4O2. The summed E-state index contributed by atoms with van der Waals surface area (Å²) in [4.78, 5) is 24.4. The number of fused-ring (bicyclic) bond motifs is 1. The van der Waals surface area contributed by atoms with Gasteiger partial charge in [0.2, 0.25) is 0 Å². The van der Waals surface area contributed by atoms with Gasteiger partial charge in [-0.25, -0.2) is 24.1 Å². The molecule has 0 bridgehead atoms. The molecule has 0 amide bonds. The summed E-state index contributed by atoms with van der Waals surface area (Å²) >= 11 is 0. The molecule has 0 unspecified atom stereocenters. The van der Waals surface area contributed by atoms with Crippen LogP contribution in [0.2, 0.25) is 0 Å². The number of aryl methyl sites for hydroxylation is 1. The number of imidazole rings is 1. The summed E-state index contributed by atoms with van der Waals surface area (Å²) in [6.07, 6.45) is 4.29. The van der Waals surface area contributed by atoms with Crippen molar-refractivity contribution >= 4 is 11.6 Å². The van der Waals surface area contributed by atoms with Crippen molar-refractivity contribution in [1.82, 2.24) is 19.4 Å². The Hall–Kier alpha value is -2.83. The number of pyridine rings is 1.